The summed E-state index contributed by atoms with van der Waals surface area (Å²) in [6.45, 7) is 0. The van der Waals surface area contributed by atoms with Gasteiger partial charge in [-0.25, -0.2) is 0 Å². The van der Waals surface area contributed by atoms with Gasteiger partial charge in [-0.3, -0.25) is 4.79 Å². The molecule has 0 spiro atoms. The topological polar surface area (TPSA) is 17.1 Å². The largest absolute Gasteiger partial charge is 0.294 e. The fourth-order valence-electron chi connectivity index (χ4n) is 2.60. The van der Waals surface area contributed by atoms with Crippen molar-refractivity contribution in [3.05, 3.63) is 55.3 Å². The molecule has 3 heteroatoms. The van der Waals surface area contributed by atoms with Crippen molar-refractivity contribution in [2.45, 2.75) is 19.3 Å². The molecule has 1 aliphatic rings. The summed E-state index contributed by atoms with van der Waals surface area (Å²) in [5.41, 5.74) is 3.67. The maximum Gasteiger partial charge on any atom is 0.167 e. The lowest BCUT2D eigenvalue weighted by molar-refractivity contribution is 0.0909. The van der Waals surface area contributed by atoms with E-state index < -0.39 is 0 Å². The van der Waals surface area contributed by atoms with Crippen molar-refractivity contribution in [1.82, 2.24) is 0 Å². The molecule has 0 saturated carbocycles. The van der Waals surface area contributed by atoms with Gasteiger partial charge in [-0.2, -0.15) is 0 Å². The second-order valence-corrected chi connectivity index (χ2v) is 7.52. The average molecular weight is 368 g/mol. The minimum atomic E-state index is 0.172. The second-order valence-electron chi connectivity index (χ2n) is 4.71. The van der Waals surface area contributed by atoms with Gasteiger partial charge in [0.15, 0.2) is 5.78 Å². The predicted octanol–water partition coefficient (Wildman–Crippen LogP) is 4.34. The van der Waals surface area contributed by atoms with Crippen LogP contribution >= 0.6 is 33.9 Å². The van der Waals surface area contributed by atoms with Crippen LogP contribution in [0.25, 0.3) is 0 Å². The Bertz CT molecular complexity index is 588. The highest BCUT2D eigenvalue weighted by Gasteiger charge is 2.25. The van der Waals surface area contributed by atoms with Crippen molar-refractivity contribution >= 4 is 39.7 Å². The maximum absolute atomic E-state index is 12.4. The lowest BCUT2D eigenvalue weighted by Gasteiger charge is -2.23. The molecule has 0 N–H and O–H groups in total. The first-order chi connectivity index (χ1) is 8.74. The van der Waals surface area contributed by atoms with Crippen molar-refractivity contribution in [1.29, 1.82) is 0 Å². The number of hydrogen-bond acceptors (Lipinski definition) is 2. The van der Waals surface area contributed by atoms with Crippen molar-refractivity contribution in [3.8, 4) is 0 Å². The highest BCUT2D eigenvalue weighted by molar-refractivity contribution is 14.1. The number of carbonyl (C=O) groups is 1. The van der Waals surface area contributed by atoms with Gasteiger partial charge >= 0.3 is 0 Å². The molecule has 1 unspecified atom stereocenters. The third-order valence-corrected chi connectivity index (χ3v) is 5.36. The molecule has 0 radical (unpaired) electrons. The highest BCUT2D eigenvalue weighted by atomic mass is 127. The molecule has 92 valence electrons. The monoisotopic (exact) mass is 368 g/mol. The van der Waals surface area contributed by atoms with E-state index in [9.17, 15) is 4.79 Å². The molecule has 1 aromatic carbocycles. The molecule has 0 saturated heterocycles. The normalized spacial score (nSPS) is 18.4. The summed E-state index contributed by atoms with van der Waals surface area (Å²) < 4.78 is 1.19. The van der Waals surface area contributed by atoms with E-state index in [1.807, 2.05) is 11.4 Å². The quantitative estimate of drug-likeness (QED) is 0.569. The average Bonchev–Trinajstić information content (AvgIpc) is 2.84. The summed E-state index contributed by atoms with van der Waals surface area (Å²) in [5, 5.41) is 1.99. The first kappa shape index (κ1) is 12.4. The molecule has 3 rings (SSSR count). The van der Waals surface area contributed by atoms with E-state index in [1.54, 1.807) is 11.3 Å². The Balaban J connectivity index is 1.82. The lowest BCUT2D eigenvalue weighted by Crippen LogP contribution is -2.22. The molecule has 0 aliphatic heterocycles. The van der Waals surface area contributed by atoms with Crippen molar-refractivity contribution < 1.29 is 4.79 Å². The van der Waals surface area contributed by atoms with Crippen LogP contribution in [-0.2, 0) is 12.8 Å². The Morgan fingerprint density at radius 1 is 1.28 bits per heavy atom. The number of Topliss-reactive ketones (excluding diaryl/α,β-unsaturated/α-hetero) is 1. The van der Waals surface area contributed by atoms with E-state index in [0.717, 1.165) is 24.8 Å². The first-order valence-corrected chi connectivity index (χ1v) is 8.05. The smallest absolute Gasteiger partial charge is 0.167 e. The zero-order valence-corrected chi connectivity index (χ0v) is 12.8. The van der Waals surface area contributed by atoms with Crippen LogP contribution in [0.15, 0.2) is 35.7 Å². The van der Waals surface area contributed by atoms with Gasteiger partial charge in [-0.05, 0) is 59.0 Å². The number of ketones is 1. The molecule has 2 aromatic rings. The Morgan fingerprint density at radius 2 is 2.06 bits per heavy atom. The van der Waals surface area contributed by atoms with Crippen LogP contribution in [-0.4, -0.2) is 5.78 Å². The molecule has 18 heavy (non-hydrogen) atoms. The minimum Gasteiger partial charge on any atom is -0.294 e. The van der Waals surface area contributed by atoms with E-state index in [4.69, 9.17) is 0 Å². The number of thiophene rings is 1. The molecule has 0 fully saturated rings. The molecular weight excluding hydrogens is 355 g/mol. The zero-order valence-electron chi connectivity index (χ0n) is 9.86. The van der Waals surface area contributed by atoms with Gasteiger partial charge in [0.25, 0.3) is 0 Å². The van der Waals surface area contributed by atoms with E-state index in [1.165, 1.54) is 14.0 Å². The number of fused-ring (bicyclic) bond motifs is 1. The Hall–Kier alpha value is -0.680. The third-order valence-electron chi connectivity index (χ3n) is 3.57. The van der Waals surface area contributed by atoms with Crippen molar-refractivity contribution in [3.63, 3.8) is 0 Å². The molecule has 1 heterocycles. The van der Waals surface area contributed by atoms with Crippen LogP contribution < -0.4 is 0 Å². The first-order valence-electron chi connectivity index (χ1n) is 6.09. The van der Waals surface area contributed by atoms with Gasteiger partial charge in [0.1, 0.15) is 0 Å². The summed E-state index contributed by atoms with van der Waals surface area (Å²) in [6.07, 6.45) is 2.93. The van der Waals surface area contributed by atoms with E-state index in [-0.39, 0.29) is 5.92 Å². The van der Waals surface area contributed by atoms with Crippen LogP contribution in [0.2, 0.25) is 0 Å². The Labute approximate surface area is 124 Å². The van der Waals surface area contributed by atoms with Crippen LogP contribution in [0.5, 0.6) is 0 Å². The summed E-state index contributed by atoms with van der Waals surface area (Å²) in [7, 11) is 0. The minimum absolute atomic E-state index is 0.172. The second kappa shape index (κ2) is 5.13. The number of halogens is 1. The molecule has 1 atom stereocenters. The van der Waals surface area contributed by atoms with Crippen molar-refractivity contribution in [2.24, 2.45) is 5.92 Å². The molecule has 1 aromatic heterocycles. The fraction of sp³-hybridized carbons (Fsp3) is 0.267. The number of carbonyl (C=O) groups excluding carboxylic acids is 1. The van der Waals surface area contributed by atoms with Crippen molar-refractivity contribution in [2.75, 3.05) is 0 Å². The van der Waals surface area contributed by atoms with Gasteiger partial charge in [0.05, 0.1) is 2.88 Å². The van der Waals surface area contributed by atoms with Crippen LogP contribution in [0.3, 0.4) is 0 Å². The van der Waals surface area contributed by atoms with E-state index in [0.29, 0.717) is 5.78 Å². The summed E-state index contributed by atoms with van der Waals surface area (Å²) >= 11 is 3.92. The molecular formula is C15H13IOS. The van der Waals surface area contributed by atoms with Crippen LogP contribution in [0, 0.1) is 8.80 Å². The number of aryl methyl sites for hydroxylation is 1. The number of rotatable bonds is 2. The fourth-order valence-corrected chi connectivity index (χ4v) is 3.93. The Kier molecular flexibility index (Phi) is 3.52. The number of benzene rings is 1. The van der Waals surface area contributed by atoms with Gasteiger partial charge in [-0.15, -0.1) is 11.3 Å². The van der Waals surface area contributed by atoms with E-state index >= 15 is 0 Å². The van der Waals surface area contributed by atoms with E-state index in [2.05, 4.69) is 46.9 Å². The third kappa shape index (κ3) is 2.38. The lowest BCUT2D eigenvalue weighted by atomic mass is 9.80. The van der Waals surface area contributed by atoms with Gasteiger partial charge < -0.3 is 0 Å². The maximum atomic E-state index is 12.4. The highest BCUT2D eigenvalue weighted by Crippen LogP contribution is 2.29. The number of hydrogen-bond donors (Lipinski definition) is 0. The van der Waals surface area contributed by atoms with Gasteiger partial charge in [-0.1, -0.05) is 24.3 Å². The zero-order chi connectivity index (χ0) is 12.5. The van der Waals surface area contributed by atoms with Crippen LogP contribution in [0.4, 0.5) is 0 Å². The summed E-state index contributed by atoms with van der Waals surface area (Å²) in [5.74, 6) is 0.494. The standard InChI is InChI=1S/C15H13IOS/c16-14-8-13(9-18-14)15(17)12-6-5-10-3-1-2-4-11(10)7-12/h1-4,8-9,12H,5-7H2. The molecule has 0 amide bonds. The summed E-state index contributed by atoms with van der Waals surface area (Å²) in [4.78, 5) is 12.4. The van der Waals surface area contributed by atoms with Gasteiger partial charge in [0, 0.05) is 16.9 Å². The summed E-state index contributed by atoms with van der Waals surface area (Å²) in [6, 6.07) is 10.5. The van der Waals surface area contributed by atoms with Gasteiger partial charge in [0.2, 0.25) is 0 Å². The molecule has 0 bridgehead atoms. The predicted molar refractivity (Wildman–Crippen MR) is 83.3 cm³/mol. The molecule has 1 aliphatic carbocycles. The molecule has 1 nitrogen and oxygen atoms in total. The van der Waals surface area contributed by atoms with Crippen LogP contribution in [0.1, 0.15) is 27.9 Å². The Morgan fingerprint density at radius 3 is 2.78 bits per heavy atom. The SMILES string of the molecule is O=C(c1csc(I)c1)C1CCc2ccccc2C1.